The van der Waals surface area contributed by atoms with Crippen LogP contribution in [0.5, 0.6) is 11.5 Å². The van der Waals surface area contributed by atoms with Crippen LogP contribution in [0.1, 0.15) is 30.9 Å². The van der Waals surface area contributed by atoms with Crippen molar-refractivity contribution in [2.24, 2.45) is 4.99 Å². The number of phenolic OH excluding ortho intramolecular Hbond substituents is 1. The molecule has 1 heterocycles. The number of hydrogen-bond acceptors (Lipinski definition) is 4. The first-order chi connectivity index (χ1) is 14.6. The number of aromatic hydroxyl groups is 1. The number of phenols is 1. The Kier molecular flexibility index (Phi) is 7.97. The summed E-state index contributed by atoms with van der Waals surface area (Å²) in [5.41, 5.74) is 2.26. The summed E-state index contributed by atoms with van der Waals surface area (Å²) in [7, 11) is 3.40. The van der Waals surface area contributed by atoms with E-state index in [1.54, 1.807) is 20.2 Å². The van der Waals surface area contributed by atoms with Gasteiger partial charge in [0, 0.05) is 44.8 Å². The van der Waals surface area contributed by atoms with Gasteiger partial charge in [-0.25, -0.2) is 0 Å². The average Bonchev–Trinajstić information content (AvgIpc) is 2.76. The van der Waals surface area contributed by atoms with Gasteiger partial charge in [0.15, 0.2) is 5.96 Å². The molecule has 3 rings (SSSR count). The average molecular weight is 411 g/mol. The zero-order valence-corrected chi connectivity index (χ0v) is 18.3. The Morgan fingerprint density at radius 2 is 2.03 bits per heavy atom. The van der Waals surface area contributed by atoms with Crippen LogP contribution in [0.15, 0.2) is 53.5 Å². The fraction of sp³-hybridized carbons (Fsp3) is 0.458. The van der Waals surface area contributed by atoms with Crippen LogP contribution in [-0.4, -0.2) is 55.3 Å². The summed E-state index contributed by atoms with van der Waals surface area (Å²) >= 11 is 0. The Labute approximate surface area is 180 Å². The van der Waals surface area contributed by atoms with E-state index in [9.17, 15) is 5.11 Å². The van der Waals surface area contributed by atoms with Gasteiger partial charge in [-0.1, -0.05) is 36.4 Å². The lowest BCUT2D eigenvalue weighted by molar-refractivity contribution is 0.134. The molecule has 3 N–H and O–H groups in total. The van der Waals surface area contributed by atoms with Crippen LogP contribution < -0.4 is 15.4 Å². The Bertz CT molecular complexity index is 825. The second kappa shape index (κ2) is 10.9. The molecule has 6 nitrogen and oxygen atoms in total. The van der Waals surface area contributed by atoms with E-state index in [4.69, 9.17) is 4.74 Å². The van der Waals surface area contributed by atoms with E-state index in [2.05, 4.69) is 57.8 Å². The van der Waals surface area contributed by atoms with Crippen LogP contribution in [0.25, 0.3) is 0 Å². The summed E-state index contributed by atoms with van der Waals surface area (Å²) < 4.78 is 5.14. The molecule has 0 saturated carbocycles. The number of benzene rings is 2. The van der Waals surface area contributed by atoms with E-state index in [0.29, 0.717) is 30.8 Å². The van der Waals surface area contributed by atoms with E-state index >= 15 is 0 Å². The van der Waals surface area contributed by atoms with Crippen LogP contribution in [-0.2, 0) is 13.0 Å². The fourth-order valence-corrected chi connectivity index (χ4v) is 3.99. The van der Waals surface area contributed by atoms with Gasteiger partial charge in [0.05, 0.1) is 7.11 Å². The molecular weight excluding hydrogens is 376 g/mol. The molecule has 1 aliphatic heterocycles. The second-order valence-electron chi connectivity index (χ2n) is 7.91. The van der Waals surface area contributed by atoms with Gasteiger partial charge in [-0.2, -0.15) is 0 Å². The molecule has 0 amide bonds. The summed E-state index contributed by atoms with van der Waals surface area (Å²) in [6.45, 7) is 5.08. The van der Waals surface area contributed by atoms with Gasteiger partial charge in [0.2, 0.25) is 0 Å². The van der Waals surface area contributed by atoms with E-state index < -0.39 is 0 Å². The zero-order chi connectivity index (χ0) is 21.3. The highest BCUT2D eigenvalue weighted by atomic mass is 16.5. The third-order valence-corrected chi connectivity index (χ3v) is 5.79. The Morgan fingerprint density at radius 1 is 1.23 bits per heavy atom. The van der Waals surface area contributed by atoms with Gasteiger partial charge in [-0.15, -0.1) is 0 Å². The number of nitrogens with zero attached hydrogens (tertiary/aromatic N) is 2. The molecule has 6 heteroatoms. The Balaban J connectivity index is 1.44. The minimum Gasteiger partial charge on any atom is -0.508 e. The number of piperidine rings is 1. The second-order valence-corrected chi connectivity index (χ2v) is 7.91. The molecular formula is C24H34N4O2. The van der Waals surface area contributed by atoms with Crippen LogP contribution in [0.4, 0.5) is 0 Å². The van der Waals surface area contributed by atoms with Gasteiger partial charge in [-0.05, 0) is 43.4 Å². The maximum absolute atomic E-state index is 10.1. The van der Waals surface area contributed by atoms with E-state index in [-0.39, 0.29) is 5.75 Å². The lowest BCUT2D eigenvalue weighted by atomic mass is 9.97. The number of hydrogen-bond donors (Lipinski definition) is 3. The number of guanidine groups is 1. The smallest absolute Gasteiger partial charge is 0.191 e. The molecule has 30 heavy (non-hydrogen) atoms. The molecule has 2 unspecified atom stereocenters. The van der Waals surface area contributed by atoms with Crippen molar-refractivity contribution in [2.75, 3.05) is 27.2 Å². The van der Waals surface area contributed by atoms with Crippen LogP contribution >= 0.6 is 0 Å². The van der Waals surface area contributed by atoms with Crippen molar-refractivity contribution in [3.8, 4) is 11.5 Å². The predicted molar refractivity (Wildman–Crippen MR) is 122 cm³/mol. The number of nitrogens with one attached hydrogen (secondary N) is 2. The van der Waals surface area contributed by atoms with Crippen LogP contribution in [0.3, 0.4) is 0 Å². The first kappa shape index (κ1) is 22.0. The number of rotatable bonds is 7. The van der Waals surface area contributed by atoms with Crippen molar-refractivity contribution >= 4 is 5.96 Å². The van der Waals surface area contributed by atoms with Gasteiger partial charge < -0.3 is 20.5 Å². The molecule has 0 radical (unpaired) electrons. The largest absolute Gasteiger partial charge is 0.508 e. The number of likely N-dealkylation sites (tertiary alicyclic amines) is 1. The molecule has 0 aromatic heterocycles. The van der Waals surface area contributed by atoms with Crippen molar-refractivity contribution in [3.63, 3.8) is 0 Å². The van der Waals surface area contributed by atoms with Crippen molar-refractivity contribution < 1.29 is 9.84 Å². The molecule has 0 aliphatic carbocycles. The van der Waals surface area contributed by atoms with Crippen LogP contribution in [0, 0.1) is 0 Å². The highest BCUT2D eigenvalue weighted by Gasteiger charge is 2.25. The molecule has 2 aromatic rings. The van der Waals surface area contributed by atoms with Crippen molar-refractivity contribution in [2.45, 2.75) is 44.8 Å². The van der Waals surface area contributed by atoms with E-state index in [1.807, 2.05) is 12.1 Å². The Hall–Kier alpha value is -2.73. The maximum atomic E-state index is 10.1. The van der Waals surface area contributed by atoms with Gasteiger partial charge in [0.1, 0.15) is 11.5 Å². The van der Waals surface area contributed by atoms with Crippen molar-refractivity contribution in [1.82, 2.24) is 15.5 Å². The molecule has 0 spiro atoms. The molecule has 0 bridgehead atoms. The normalized spacial score (nSPS) is 20.0. The summed E-state index contributed by atoms with van der Waals surface area (Å²) in [5, 5.41) is 17.0. The summed E-state index contributed by atoms with van der Waals surface area (Å²) in [6.07, 6.45) is 2.90. The van der Waals surface area contributed by atoms with Crippen LogP contribution in [0.2, 0.25) is 0 Å². The van der Waals surface area contributed by atoms with Gasteiger partial charge in [0.25, 0.3) is 0 Å². The number of methoxy groups -OCH3 is 1. The lowest BCUT2D eigenvalue weighted by Gasteiger charge is -2.38. The molecule has 2 aromatic carbocycles. The van der Waals surface area contributed by atoms with Gasteiger partial charge >= 0.3 is 0 Å². The summed E-state index contributed by atoms with van der Waals surface area (Å²) in [6, 6.07) is 17.0. The topological polar surface area (TPSA) is 69.1 Å². The van der Waals surface area contributed by atoms with E-state index in [0.717, 1.165) is 37.5 Å². The molecule has 2 atom stereocenters. The predicted octanol–water partition coefficient (Wildman–Crippen LogP) is 3.16. The quantitative estimate of drug-likeness (QED) is 0.483. The van der Waals surface area contributed by atoms with E-state index in [1.165, 1.54) is 5.56 Å². The number of ether oxygens (including phenoxy) is 1. The minimum atomic E-state index is 0.263. The molecule has 1 fully saturated rings. The summed E-state index contributed by atoms with van der Waals surface area (Å²) in [4.78, 5) is 6.93. The molecule has 1 saturated heterocycles. The monoisotopic (exact) mass is 410 g/mol. The Morgan fingerprint density at radius 3 is 2.70 bits per heavy atom. The standard InChI is InChI=1S/C24H34N4O2/c1-18-15-21(12-14-28(18)17-19-7-5-4-6-8-19)27-24(25-2)26-13-11-20-9-10-22(30-3)16-23(20)29/h4-10,16,18,21,29H,11-15,17H2,1-3H3,(H2,25,26,27). The highest BCUT2D eigenvalue weighted by molar-refractivity contribution is 5.80. The number of aliphatic imine (C=N–C) groups is 1. The highest BCUT2D eigenvalue weighted by Crippen LogP contribution is 2.23. The first-order valence-corrected chi connectivity index (χ1v) is 10.7. The minimum absolute atomic E-state index is 0.263. The third kappa shape index (κ3) is 6.13. The van der Waals surface area contributed by atoms with Crippen molar-refractivity contribution in [3.05, 3.63) is 59.7 Å². The van der Waals surface area contributed by atoms with Gasteiger partial charge in [-0.3, -0.25) is 9.89 Å². The fourth-order valence-electron chi connectivity index (χ4n) is 3.99. The maximum Gasteiger partial charge on any atom is 0.191 e. The molecule has 1 aliphatic rings. The molecule has 162 valence electrons. The summed E-state index contributed by atoms with van der Waals surface area (Å²) in [5.74, 6) is 1.74. The lowest BCUT2D eigenvalue weighted by Crippen LogP contribution is -2.51. The SMILES string of the molecule is CN=C(NCCc1ccc(OC)cc1O)NC1CCN(Cc2ccccc2)C(C)C1. The third-order valence-electron chi connectivity index (χ3n) is 5.79. The van der Waals surface area contributed by atoms with Crippen molar-refractivity contribution in [1.29, 1.82) is 0 Å². The zero-order valence-electron chi connectivity index (χ0n) is 18.3. The first-order valence-electron chi connectivity index (χ1n) is 10.7.